The van der Waals surface area contributed by atoms with Crippen LogP contribution in [0.4, 0.5) is 4.79 Å². The molecule has 0 bridgehead atoms. The monoisotopic (exact) mass is 286 g/mol. The lowest BCUT2D eigenvalue weighted by Gasteiger charge is -2.18. The van der Waals surface area contributed by atoms with E-state index in [1.165, 1.54) is 0 Å². The summed E-state index contributed by atoms with van der Waals surface area (Å²) in [5, 5.41) is 14.4. The summed E-state index contributed by atoms with van der Waals surface area (Å²) in [6.45, 7) is 5.89. The number of nitrogens with one attached hydrogen (secondary N) is 2. The van der Waals surface area contributed by atoms with Crippen LogP contribution in [0.1, 0.15) is 39.5 Å². The van der Waals surface area contributed by atoms with Crippen molar-refractivity contribution in [2.45, 2.75) is 45.6 Å². The molecule has 6 heteroatoms. The van der Waals surface area contributed by atoms with Crippen molar-refractivity contribution in [1.82, 2.24) is 10.6 Å². The number of hydrogen-bond acceptors (Lipinski definition) is 3. The Kier molecular flexibility index (Phi) is 7.36. The highest BCUT2D eigenvalue weighted by atomic mass is 16.5. The fourth-order valence-corrected chi connectivity index (χ4v) is 2.31. The number of urea groups is 1. The molecule has 6 nitrogen and oxygen atoms in total. The third-order valence-electron chi connectivity index (χ3n) is 3.52. The van der Waals surface area contributed by atoms with Crippen LogP contribution >= 0.6 is 0 Å². The molecule has 1 aliphatic carbocycles. The number of ether oxygens (including phenoxy) is 1. The van der Waals surface area contributed by atoms with Crippen LogP contribution in [-0.4, -0.2) is 42.9 Å². The number of carbonyl (C=O) groups is 2. The molecule has 2 unspecified atom stereocenters. The Morgan fingerprint density at radius 2 is 2.05 bits per heavy atom. The molecule has 1 saturated carbocycles. The van der Waals surface area contributed by atoms with Crippen molar-refractivity contribution >= 4 is 12.0 Å². The van der Waals surface area contributed by atoms with Crippen LogP contribution in [0.2, 0.25) is 0 Å². The first-order valence-corrected chi connectivity index (χ1v) is 7.35. The topological polar surface area (TPSA) is 87.7 Å². The highest BCUT2D eigenvalue weighted by Gasteiger charge is 2.33. The van der Waals surface area contributed by atoms with Crippen LogP contribution in [0, 0.1) is 11.8 Å². The Balaban J connectivity index is 2.10. The van der Waals surface area contributed by atoms with Crippen molar-refractivity contribution < 1.29 is 19.4 Å². The van der Waals surface area contributed by atoms with Gasteiger partial charge in [-0.05, 0) is 25.2 Å². The number of carboxylic acids is 1. The predicted molar refractivity (Wildman–Crippen MR) is 75.6 cm³/mol. The Morgan fingerprint density at radius 1 is 1.30 bits per heavy atom. The zero-order valence-corrected chi connectivity index (χ0v) is 12.4. The van der Waals surface area contributed by atoms with Gasteiger partial charge < -0.3 is 20.5 Å². The second kappa shape index (κ2) is 8.79. The minimum Gasteiger partial charge on any atom is -0.481 e. The Labute approximate surface area is 120 Å². The first-order valence-electron chi connectivity index (χ1n) is 7.35. The van der Waals surface area contributed by atoms with Gasteiger partial charge in [-0.2, -0.15) is 0 Å². The first kappa shape index (κ1) is 16.8. The van der Waals surface area contributed by atoms with E-state index >= 15 is 0 Å². The highest BCUT2D eigenvalue weighted by Crippen LogP contribution is 2.25. The highest BCUT2D eigenvalue weighted by molar-refractivity contribution is 5.76. The summed E-state index contributed by atoms with van der Waals surface area (Å²) in [5.74, 6) is -0.672. The zero-order chi connectivity index (χ0) is 15.0. The Bertz CT molecular complexity index is 320. The number of hydrogen-bond donors (Lipinski definition) is 3. The summed E-state index contributed by atoms with van der Waals surface area (Å²) < 4.78 is 5.39. The third-order valence-corrected chi connectivity index (χ3v) is 3.52. The van der Waals surface area contributed by atoms with E-state index in [1.807, 2.05) is 0 Å². The van der Waals surface area contributed by atoms with E-state index in [1.54, 1.807) is 0 Å². The van der Waals surface area contributed by atoms with Gasteiger partial charge in [-0.15, -0.1) is 0 Å². The number of amides is 2. The average Bonchev–Trinajstić information content (AvgIpc) is 2.81. The normalized spacial score (nSPS) is 21.9. The van der Waals surface area contributed by atoms with Gasteiger partial charge in [0.05, 0.1) is 12.5 Å². The molecule has 1 rings (SSSR count). The maximum absolute atomic E-state index is 11.6. The van der Waals surface area contributed by atoms with Gasteiger partial charge in [0.1, 0.15) is 0 Å². The molecule has 20 heavy (non-hydrogen) atoms. The molecule has 116 valence electrons. The molecule has 2 atom stereocenters. The van der Waals surface area contributed by atoms with E-state index in [-0.39, 0.29) is 12.1 Å². The van der Waals surface area contributed by atoms with E-state index < -0.39 is 11.9 Å². The Morgan fingerprint density at radius 3 is 2.70 bits per heavy atom. The third kappa shape index (κ3) is 6.23. The fourth-order valence-electron chi connectivity index (χ4n) is 2.31. The molecular formula is C14H26N2O4. The van der Waals surface area contributed by atoms with Crippen molar-refractivity contribution in [2.24, 2.45) is 11.8 Å². The van der Waals surface area contributed by atoms with Crippen molar-refractivity contribution in [3.8, 4) is 0 Å². The summed E-state index contributed by atoms with van der Waals surface area (Å²) in [7, 11) is 0. The molecule has 1 aliphatic rings. The van der Waals surface area contributed by atoms with Crippen LogP contribution < -0.4 is 10.6 Å². The van der Waals surface area contributed by atoms with E-state index in [2.05, 4.69) is 24.5 Å². The standard InChI is InChI=1S/C14H26N2O4/c1-10(2)6-8-20-9-7-15-14(19)16-12-5-3-4-11(12)13(17)18/h10-12H,3-9H2,1-2H3,(H,17,18)(H2,15,16,19). The minimum atomic E-state index is -0.829. The minimum absolute atomic E-state index is 0.255. The fraction of sp³-hybridized carbons (Fsp3) is 0.857. The van der Waals surface area contributed by atoms with E-state index in [4.69, 9.17) is 9.84 Å². The largest absolute Gasteiger partial charge is 0.481 e. The summed E-state index contributed by atoms with van der Waals surface area (Å²) >= 11 is 0. The zero-order valence-electron chi connectivity index (χ0n) is 12.4. The number of aliphatic carboxylic acids is 1. The van der Waals surface area contributed by atoms with Gasteiger partial charge in [0.2, 0.25) is 0 Å². The molecule has 3 N–H and O–H groups in total. The van der Waals surface area contributed by atoms with Gasteiger partial charge in [-0.25, -0.2) is 4.79 Å². The maximum Gasteiger partial charge on any atom is 0.315 e. The molecule has 0 saturated heterocycles. The second-order valence-corrected chi connectivity index (χ2v) is 5.68. The molecule has 0 spiro atoms. The maximum atomic E-state index is 11.6. The first-order chi connectivity index (χ1) is 9.50. The molecule has 0 aromatic carbocycles. The average molecular weight is 286 g/mol. The van der Waals surface area contributed by atoms with E-state index in [9.17, 15) is 9.59 Å². The molecule has 2 amide bonds. The van der Waals surface area contributed by atoms with E-state index in [0.717, 1.165) is 19.3 Å². The number of carboxylic acid groups (broad SMARTS) is 1. The van der Waals surface area contributed by atoms with Gasteiger partial charge in [0, 0.05) is 19.2 Å². The van der Waals surface area contributed by atoms with Crippen LogP contribution in [0.3, 0.4) is 0 Å². The van der Waals surface area contributed by atoms with E-state index in [0.29, 0.717) is 32.1 Å². The van der Waals surface area contributed by atoms with Crippen molar-refractivity contribution in [2.75, 3.05) is 19.8 Å². The molecule has 0 heterocycles. The van der Waals surface area contributed by atoms with Gasteiger partial charge in [0.25, 0.3) is 0 Å². The van der Waals surface area contributed by atoms with Crippen LogP contribution in [0.25, 0.3) is 0 Å². The SMILES string of the molecule is CC(C)CCOCCNC(=O)NC1CCCC1C(=O)O. The number of carbonyl (C=O) groups excluding carboxylic acids is 1. The molecular weight excluding hydrogens is 260 g/mol. The van der Waals surface area contributed by atoms with Crippen LogP contribution in [-0.2, 0) is 9.53 Å². The van der Waals surface area contributed by atoms with Gasteiger partial charge >= 0.3 is 12.0 Å². The van der Waals surface area contributed by atoms with Crippen LogP contribution in [0.5, 0.6) is 0 Å². The van der Waals surface area contributed by atoms with Crippen molar-refractivity contribution in [1.29, 1.82) is 0 Å². The van der Waals surface area contributed by atoms with Gasteiger partial charge in [-0.1, -0.05) is 20.3 Å². The van der Waals surface area contributed by atoms with Crippen molar-refractivity contribution in [3.05, 3.63) is 0 Å². The molecule has 0 radical (unpaired) electrons. The van der Waals surface area contributed by atoms with Gasteiger partial charge in [-0.3, -0.25) is 4.79 Å². The quantitative estimate of drug-likeness (QED) is 0.591. The summed E-state index contributed by atoms with van der Waals surface area (Å²) in [6.07, 6.45) is 3.22. The lowest BCUT2D eigenvalue weighted by Crippen LogP contribution is -2.46. The molecule has 1 fully saturated rings. The smallest absolute Gasteiger partial charge is 0.315 e. The summed E-state index contributed by atoms with van der Waals surface area (Å²) in [6, 6.07) is -0.565. The van der Waals surface area contributed by atoms with Crippen LogP contribution in [0.15, 0.2) is 0 Å². The molecule has 0 aliphatic heterocycles. The van der Waals surface area contributed by atoms with Crippen molar-refractivity contribution in [3.63, 3.8) is 0 Å². The molecule has 0 aromatic heterocycles. The molecule has 0 aromatic rings. The summed E-state index contributed by atoms with van der Waals surface area (Å²) in [4.78, 5) is 22.6. The predicted octanol–water partition coefficient (Wildman–Crippen LogP) is 1.60. The Hall–Kier alpha value is -1.30. The summed E-state index contributed by atoms with van der Waals surface area (Å²) in [5.41, 5.74) is 0. The lowest BCUT2D eigenvalue weighted by molar-refractivity contribution is -0.142. The second-order valence-electron chi connectivity index (χ2n) is 5.68. The lowest BCUT2D eigenvalue weighted by atomic mass is 10.0. The number of rotatable bonds is 8. The van der Waals surface area contributed by atoms with Gasteiger partial charge in [0.15, 0.2) is 0 Å².